The third-order valence-electron chi connectivity index (χ3n) is 5.23. The monoisotopic (exact) mass is 509 g/mol. The Hall–Kier alpha value is -3.22. The van der Waals surface area contributed by atoms with Crippen molar-refractivity contribution in [2.75, 3.05) is 0 Å². The summed E-state index contributed by atoms with van der Waals surface area (Å²) in [5.41, 5.74) is -2.32. The minimum absolute atomic E-state index is 0.00101. The number of sulfonamides is 1. The first-order valence-corrected chi connectivity index (χ1v) is 12.9. The molecule has 0 saturated heterocycles. The van der Waals surface area contributed by atoms with Crippen molar-refractivity contribution in [3.63, 3.8) is 0 Å². The van der Waals surface area contributed by atoms with E-state index in [4.69, 9.17) is 5.14 Å². The number of nitrogens with two attached hydrogens (primary N) is 1. The van der Waals surface area contributed by atoms with Crippen LogP contribution in [0.1, 0.15) is 11.4 Å². The van der Waals surface area contributed by atoms with Gasteiger partial charge in [0.15, 0.2) is 0 Å². The smallest absolute Gasteiger partial charge is 0.342 e. The van der Waals surface area contributed by atoms with Crippen LogP contribution in [-0.2, 0) is 32.7 Å². The Morgan fingerprint density at radius 1 is 0.882 bits per heavy atom. The van der Waals surface area contributed by atoms with Crippen molar-refractivity contribution in [3.8, 4) is 11.1 Å². The first kappa shape index (κ1) is 23.9. The van der Waals surface area contributed by atoms with Crippen LogP contribution in [0.4, 0.5) is 13.2 Å². The number of nitrogens with zero attached hydrogens (tertiary/aromatic N) is 1. The lowest BCUT2D eigenvalue weighted by molar-refractivity contribution is -0.0436. The summed E-state index contributed by atoms with van der Waals surface area (Å²) in [4.78, 5) is 6.86. The number of aryl methyl sites for hydroxylation is 2. The van der Waals surface area contributed by atoms with E-state index in [1.165, 1.54) is 18.2 Å². The fourth-order valence-electron chi connectivity index (χ4n) is 3.53. The highest BCUT2D eigenvalue weighted by atomic mass is 32.2. The molecule has 0 radical (unpaired) electrons. The zero-order valence-corrected chi connectivity index (χ0v) is 19.0. The molecule has 0 fully saturated rings. The molecule has 1 aromatic heterocycles. The molecule has 3 N–H and O–H groups in total. The summed E-state index contributed by atoms with van der Waals surface area (Å²) in [5, 5.41) is 5.32. The molecule has 0 amide bonds. The minimum Gasteiger partial charge on any atom is -0.342 e. The molecular weight excluding hydrogens is 491 g/mol. The number of primary sulfonamides is 1. The second-order valence-corrected chi connectivity index (χ2v) is 11.0. The van der Waals surface area contributed by atoms with Gasteiger partial charge in [0.1, 0.15) is 5.82 Å². The Bertz CT molecular complexity index is 1580. The third kappa shape index (κ3) is 4.69. The van der Waals surface area contributed by atoms with Crippen molar-refractivity contribution in [2.45, 2.75) is 28.1 Å². The molecule has 0 saturated carbocycles. The predicted molar refractivity (Wildman–Crippen MR) is 120 cm³/mol. The maximum atomic E-state index is 12.7. The average Bonchev–Trinajstić information content (AvgIpc) is 3.19. The van der Waals surface area contributed by atoms with E-state index in [1.54, 1.807) is 36.4 Å². The van der Waals surface area contributed by atoms with Crippen molar-refractivity contribution in [3.05, 3.63) is 78.1 Å². The van der Waals surface area contributed by atoms with Gasteiger partial charge in [0, 0.05) is 12.0 Å². The lowest BCUT2D eigenvalue weighted by Gasteiger charge is -2.08. The number of aromatic nitrogens is 2. The van der Waals surface area contributed by atoms with Gasteiger partial charge in [0.25, 0.3) is 9.84 Å². The number of hydrogen-bond donors (Lipinski definition) is 2. The van der Waals surface area contributed by atoms with Gasteiger partial charge in [-0.15, -0.1) is 0 Å². The van der Waals surface area contributed by atoms with Gasteiger partial charge in [-0.3, -0.25) is 0 Å². The quantitative estimate of drug-likeness (QED) is 0.407. The molecule has 3 aromatic carbocycles. The molecule has 12 heteroatoms. The van der Waals surface area contributed by atoms with E-state index >= 15 is 0 Å². The van der Waals surface area contributed by atoms with Crippen LogP contribution in [0.2, 0.25) is 0 Å². The molecule has 4 aromatic rings. The van der Waals surface area contributed by atoms with Gasteiger partial charge in [-0.2, -0.15) is 13.2 Å². The zero-order valence-electron chi connectivity index (χ0n) is 17.4. The van der Waals surface area contributed by atoms with Gasteiger partial charge in [-0.05, 0) is 47.9 Å². The Morgan fingerprint density at radius 3 is 2.21 bits per heavy atom. The van der Waals surface area contributed by atoms with Crippen LogP contribution in [0.5, 0.6) is 0 Å². The third-order valence-corrected chi connectivity index (χ3v) is 7.70. The summed E-state index contributed by atoms with van der Waals surface area (Å²) in [7, 11) is -9.30. The maximum absolute atomic E-state index is 12.7. The molecule has 1 heterocycles. The summed E-state index contributed by atoms with van der Waals surface area (Å²) in [5.74, 6) is 0.610. The SMILES string of the molecule is NS(=O)(=O)c1ccccc1-c1ccc2[nH]c(CCc3ccc(S(=O)(=O)C(F)(F)F)cc3)nc2c1. The van der Waals surface area contributed by atoms with E-state index in [1.807, 2.05) is 0 Å². The number of fused-ring (bicyclic) bond motifs is 1. The first-order valence-electron chi connectivity index (χ1n) is 9.87. The van der Waals surface area contributed by atoms with E-state index in [2.05, 4.69) is 9.97 Å². The highest BCUT2D eigenvalue weighted by Gasteiger charge is 2.46. The normalized spacial score (nSPS) is 12.8. The van der Waals surface area contributed by atoms with Gasteiger partial charge in [0.2, 0.25) is 10.0 Å². The number of benzene rings is 3. The van der Waals surface area contributed by atoms with Gasteiger partial charge >= 0.3 is 5.51 Å². The summed E-state index contributed by atoms with van der Waals surface area (Å²) in [6.45, 7) is 0. The van der Waals surface area contributed by atoms with E-state index < -0.39 is 30.3 Å². The molecule has 0 aliphatic rings. The van der Waals surface area contributed by atoms with Crippen molar-refractivity contribution < 1.29 is 30.0 Å². The number of alkyl halides is 3. The van der Waals surface area contributed by atoms with Crippen LogP contribution in [0, 0.1) is 0 Å². The van der Waals surface area contributed by atoms with Gasteiger partial charge in [0.05, 0.1) is 20.8 Å². The van der Waals surface area contributed by atoms with E-state index in [0.29, 0.717) is 40.9 Å². The Morgan fingerprint density at radius 2 is 1.56 bits per heavy atom. The second kappa shape index (κ2) is 8.53. The summed E-state index contributed by atoms with van der Waals surface area (Å²) in [6.07, 6.45) is 0.830. The molecule has 0 aliphatic carbocycles. The average molecular weight is 510 g/mol. The molecule has 0 atom stereocenters. The molecule has 0 bridgehead atoms. The molecule has 0 aliphatic heterocycles. The number of hydrogen-bond acceptors (Lipinski definition) is 5. The number of nitrogens with one attached hydrogen (secondary N) is 1. The molecule has 0 spiro atoms. The van der Waals surface area contributed by atoms with Crippen LogP contribution in [0.3, 0.4) is 0 Å². The molecule has 7 nitrogen and oxygen atoms in total. The molecule has 0 unspecified atom stereocenters. The molecule has 34 heavy (non-hydrogen) atoms. The Labute approximate surface area is 193 Å². The molecular formula is C22H18F3N3O4S2. The van der Waals surface area contributed by atoms with Crippen molar-refractivity contribution in [2.24, 2.45) is 5.14 Å². The summed E-state index contributed by atoms with van der Waals surface area (Å²) < 4.78 is 84.8. The van der Waals surface area contributed by atoms with Crippen LogP contribution in [0.25, 0.3) is 22.2 Å². The number of H-pyrrole nitrogens is 1. The number of rotatable bonds is 6. The summed E-state index contributed by atoms with van der Waals surface area (Å²) >= 11 is 0. The minimum atomic E-state index is -5.38. The largest absolute Gasteiger partial charge is 0.501 e. The van der Waals surface area contributed by atoms with Crippen LogP contribution >= 0.6 is 0 Å². The van der Waals surface area contributed by atoms with Crippen LogP contribution in [0.15, 0.2) is 76.5 Å². The van der Waals surface area contributed by atoms with Gasteiger partial charge in [-0.25, -0.2) is 27.0 Å². The lowest BCUT2D eigenvalue weighted by Crippen LogP contribution is -2.23. The standard InChI is InChI=1S/C22H18F3N3O4S2/c23-22(24,25)33(29,30)16-9-5-14(6-10-16)7-12-21-27-18-11-8-15(13-19(18)28-21)17-3-1-2-4-20(17)34(26,31)32/h1-6,8-11,13H,7,12H2,(H,27,28)(H2,26,31,32). The number of sulfone groups is 1. The van der Waals surface area contributed by atoms with Crippen molar-refractivity contribution in [1.82, 2.24) is 9.97 Å². The molecule has 4 rings (SSSR count). The van der Waals surface area contributed by atoms with Crippen molar-refractivity contribution >= 4 is 30.9 Å². The van der Waals surface area contributed by atoms with Crippen molar-refractivity contribution in [1.29, 1.82) is 0 Å². The number of aromatic amines is 1. The predicted octanol–water partition coefficient (Wildman–Crippen LogP) is 3.96. The summed E-state index contributed by atoms with van der Waals surface area (Å²) in [6, 6.07) is 16.1. The fraction of sp³-hybridized carbons (Fsp3) is 0.136. The Balaban J connectivity index is 1.54. The van der Waals surface area contributed by atoms with Crippen LogP contribution in [-0.4, -0.2) is 32.3 Å². The second-order valence-electron chi connectivity index (χ2n) is 7.55. The lowest BCUT2D eigenvalue weighted by atomic mass is 10.1. The zero-order chi connectivity index (χ0) is 24.7. The maximum Gasteiger partial charge on any atom is 0.501 e. The number of imidazole rings is 1. The Kier molecular flexibility index (Phi) is 6.00. The van der Waals surface area contributed by atoms with Gasteiger partial charge in [-0.1, -0.05) is 36.4 Å². The topological polar surface area (TPSA) is 123 Å². The number of halogens is 3. The first-order chi connectivity index (χ1) is 15.9. The van der Waals surface area contributed by atoms with E-state index in [9.17, 15) is 30.0 Å². The highest BCUT2D eigenvalue weighted by Crippen LogP contribution is 2.31. The fourth-order valence-corrected chi connectivity index (χ4v) is 5.05. The van der Waals surface area contributed by atoms with Gasteiger partial charge < -0.3 is 4.98 Å². The van der Waals surface area contributed by atoms with E-state index in [-0.39, 0.29) is 4.90 Å². The van der Waals surface area contributed by atoms with E-state index in [0.717, 1.165) is 17.6 Å². The highest BCUT2D eigenvalue weighted by molar-refractivity contribution is 7.92. The van der Waals surface area contributed by atoms with Crippen LogP contribution < -0.4 is 5.14 Å². The molecule has 178 valence electrons.